The molecule has 0 aliphatic heterocycles. The minimum atomic E-state index is -0.603. The molecule has 0 spiro atoms. The molecular formula is C20H18F2N4O. The summed E-state index contributed by atoms with van der Waals surface area (Å²) < 4.78 is 29.0. The zero-order valence-electron chi connectivity index (χ0n) is 14.5. The lowest BCUT2D eigenvalue weighted by atomic mass is 9.92. The SMILES string of the molecule is NC(=O)CCc1nnccc1-c1ccc(N)c(F)c1Cc1ccccc1F. The van der Waals surface area contributed by atoms with Crippen LogP contribution < -0.4 is 11.5 Å². The Kier molecular flexibility index (Phi) is 5.40. The fourth-order valence-corrected chi connectivity index (χ4v) is 2.93. The maximum Gasteiger partial charge on any atom is 0.217 e. The molecule has 1 amide bonds. The number of nitrogens with zero attached hydrogens (tertiary/aromatic N) is 2. The number of aryl methyl sites for hydroxylation is 1. The van der Waals surface area contributed by atoms with E-state index in [1.54, 1.807) is 30.3 Å². The maximum atomic E-state index is 14.9. The molecule has 1 heterocycles. The van der Waals surface area contributed by atoms with Gasteiger partial charge in [0.2, 0.25) is 5.91 Å². The van der Waals surface area contributed by atoms with Crippen LogP contribution in [0.2, 0.25) is 0 Å². The quantitative estimate of drug-likeness (QED) is 0.654. The number of hydrogen-bond donors (Lipinski definition) is 2. The molecule has 4 N–H and O–H groups in total. The summed E-state index contributed by atoms with van der Waals surface area (Å²) in [5.41, 5.74) is 13.2. The van der Waals surface area contributed by atoms with Crippen molar-refractivity contribution in [3.63, 3.8) is 0 Å². The van der Waals surface area contributed by atoms with Gasteiger partial charge in [0.05, 0.1) is 17.6 Å². The van der Waals surface area contributed by atoms with Crippen LogP contribution in [0.3, 0.4) is 0 Å². The van der Waals surface area contributed by atoms with Crippen LogP contribution in [0.15, 0.2) is 48.7 Å². The first-order valence-electron chi connectivity index (χ1n) is 8.37. The molecule has 0 bridgehead atoms. The molecule has 0 saturated carbocycles. The molecule has 138 valence electrons. The van der Waals surface area contributed by atoms with Crippen molar-refractivity contribution in [3.05, 3.63) is 77.1 Å². The molecule has 3 aromatic rings. The van der Waals surface area contributed by atoms with E-state index in [-0.39, 0.29) is 30.5 Å². The standard InChI is InChI=1S/C20H18F2N4O/c21-16-4-2-1-3-12(16)11-15-13(5-6-17(23)20(15)22)14-9-10-25-26-18(14)7-8-19(24)27/h1-6,9-10H,7-8,11,23H2,(H2,24,27). The van der Waals surface area contributed by atoms with E-state index in [2.05, 4.69) is 10.2 Å². The number of amides is 1. The van der Waals surface area contributed by atoms with Crippen LogP contribution >= 0.6 is 0 Å². The van der Waals surface area contributed by atoms with Gasteiger partial charge in [0.15, 0.2) is 0 Å². The lowest BCUT2D eigenvalue weighted by molar-refractivity contribution is -0.118. The maximum absolute atomic E-state index is 14.9. The molecule has 7 heteroatoms. The number of carbonyl (C=O) groups is 1. The number of benzene rings is 2. The minimum absolute atomic E-state index is 0.0224. The van der Waals surface area contributed by atoms with Gasteiger partial charge in [0, 0.05) is 30.4 Å². The fraction of sp³-hybridized carbons (Fsp3) is 0.150. The number of halogens is 2. The lowest BCUT2D eigenvalue weighted by Crippen LogP contribution is -2.12. The van der Waals surface area contributed by atoms with E-state index >= 15 is 0 Å². The average Bonchev–Trinajstić information content (AvgIpc) is 2.66. The molecule has 0 unspecified atom stereocenters. The highest BCUT2D eigenvalue weighted by Crippen LogP contribution is 2.32. The molecule has 27 heavy (non-hydrogen) atoms. The number of nitrogen functional groups attached to an aromatic ring is 1. The Morgan fingerprint density at radius 2 is 1.81 bits per heavy atom. The van der Waals surface area contributed by atoms with Gasteiger partial charge in [-0.05, 0) is 29.3 Å². The molecule has 0 aliphatic carbocycles. The van der Waals surface area contributed by atoms with Crippen molar-refractivity contribution in [3.8, 4) is 11.1 Å². The molecule has 0 saturated heterocycles. The topological polar surface area (TPSA) is 94.9 Å². The number of nitrogens with two attached hydrogens (primary N) is 2. The second kappa shape index (κ2) is 7.90. The molecular weight excluding hydrogens is 350 g/mol. The largest absolute Gasteiger partial charge is 0.396 e. The lowest BCUT2D eigenvalue weighted by Gasteiger charge is -2.15. The van der Waals surface area contributed by atoms with E-state index in [9.17, 15) is 13.6 Å². The van der Waals surface area contributed by atoms with E-state index in [0.29, 0.717) is 22.4 Å². The summed E-state index contributed by atoms with van der Waals surface area (Å²) in [5.74, 6) is -1.50. The highest BCUT2D eigenvalue weighted by molar-refractivity contribution is 5.76. The average molecular weight is 368 g/mol. The summed E-state index contributed by atoms with van der Waals surface area (Å²) >= 11 is 0. The Bertz CT molecular complexity index is 991. The fourth-order valence-electron chi connectivity index (χ4n) is 2.93. The first-order chi connectivity index (χ1) is 13.0. The van der Waals surface area contributed by atoms with Gasteiger partial charge >= 0.3 is 0 Å². The number of hydrogen-bond acceptors (Lipinski definition) is 4. The first-order valence-corrected chi connectivity index (χ1v) is 8.37. The third-order valence-electron chi connectivity index (χ3n) is 4.29. The van der Waals surface area contributed by atoms with Crippen LogP contribution in [0, 0.1) is 11.6 Å². The number of carbonyl (C=O) groups excluding carboxylic acids is 1. The Morgan fingerprint density at radius 3 is 2.56 bits per heavy atom. The number of aromatic nitrogens is 2. The van der Waals surface area contributed by atoms with Crippen molar-refractivity contribution in [2.75, 3.05) is 5.73 Å². The van der Waals surface area contributed by atoms with Crippen molar-refractivity contribution in [1.29, 1.82) is 0 Å². The van der Waals surface area contributed by atoms with E-state index in [1.807, 2.05) is 0 Å². The van der Waals surface area contributed by atoms with Crippen LogP contribution in [-0.2, 0) is 17.6 Å². The third kappa shape index (κ3) is 4.08. The third-order valence-corrected chi connectivity index (χ3v) is 4.29. The molecule has 0 fully saturated rings. The monoisotopic (exact) mass is 368 g/mol. The molecule has 3 rings (SSSR count). The zero-order valence-corrected chi connectivity index (χ0v) is 14.5. The summed E-state index contributed by atoms with van der Waals surface area (Å²) in [7, 11) is 0. The van der Waals surface area contributed by atoms with Crippen molar-refractivity contribution in [1.82, 2.24) is 10.2 Å². The predicted molar refractivity (Wildman–Crippen MR) is 98.6 cm³/mol. The summed E-state index contributed by atoms with van der Waals surface area (Å²) in [4.78, 5) is 11.1. The van der Waals surface area contributed by atoms with Gasteiger partial charge in [-0.25, -0.2) is 8.78 Å². The van der Waals surface area contributed by atoms with Gasteiger partial charge < -0.3 is 11.5 Å². The van der Waals surface area contributed by atoms with Gasteiger partial charge in [-0.15, -0.1) is 0 Å². The molecule has 0 radical (unpaired) electrons. The Balaban J connectivity index is 2.11. The van der Waals surface area contributed by atoms with E-state index in [4.69, 9.17) is 11.5 Å². The van der Waals surface area contributed by atoms with Crippen molar-refractivity contribution < 1.29 is 13.6 Å². The van der Waals surface area contributed by atoms with Crippen molar-refractivity contribution in [2.45, 2.75) is 19.3 Å². The second-order valence-electron chi connectivity index (χ2n) is 6.12. The molecule has 5 nitrogen and oxygen atoms in total. The summed E-state index contributed by atoms with van der Waals surface area (Å²) in [6.07, 6.45) is 1.86. The van der Waals surface area contributed by atoms with Crippen LogP contribution in [-0.4, -0.2) is 16.1 Å². The highest BCUT2D eigenvalue weighted by atomic mass is 19.1. The Morgan fingerprint density at radius 1 is 1.04 bits per heavy atom. The van der Waals surface area contributed by atoms with Crippen LogP contribution in [0.5, 0.6) is 0 Å². The molecule has 1 aromatic heterocycles. The normalized spacial score (nSPS) is 10.7. The summed E-state index contributed by atoms with van der Waals surface area (Å²) in [6.45, 7) is 0. The smallest absolute Gasteiger partial charge is 0.217 e. The molecule has 2 aromatic carbocycles. The number of primary amides is 1. The van der Waals surface area contributed by atoms with E-state index in [1.165, 1.54) is 18.3 Å². The Labute approximate surface area is 155 Å². The van der Waals surface area contributed by atoms with Crippen LogP contribution in [0.4, 0.5) is 14.5 Å². The Hall–Kier alpha value is -3.35. The van der Waals surface area contributed by atoms with E-state index < -0.39 is 17.5 Å². The van der Waals surface area contributed by atoms with Gasteiger partial charge in [0.1, 0.15) is 11.6 Å². The summed E-state index contributed by atoms with van der Waals surface area (Å²) in [6, 6.07) is 11.0. The van der Waals surface area contributed by atoms with Gasteiger partial charge in [-0.1, -0.05) is 24.3 Å². The molecule has 0 atom stereocenters. The predicted octanol–water partition coefficient (Wildman–Crippen LogP) is 3.01. The number of anilines is 1. The first kappa shape index (κ1) is 18.4. The van der Waals surface area contributed by atoms with Crippen molar-refractivity contribution >= 4 is 11.6 Å². The van der Waals surface area contributed by atoms with Crippen LogP contribution in [0.1, 0.15) is 23.2 Å². The van der Waals surface area contributed by atoms with Gasteiger partial charge in [0.25, 0.3) is 0 Å². The highest BCUT2D eigenvalue weighted by Gasteiger charge is 2.18. The second-order valence-corrected chi connectivity index (χ2v) is 6.12. The number of rotatable bonds is 6. The minimum Gasteiger partial charge on any atom is -0.396 e. The van der Waals surface area contributed by atoms with Crippen LogP contribution in [0.25, 0.3) is 11.1 Å². The van der Waals surface area contributed by atoms with Gasteiger partial charge in [-0.3, -0.25) is 4.79 Å². The van der Waals surface area contributed by atoms with Gasteiger partial charge in [-0.2, -0.15) is 10.2 Å². The van der Waals surface area contributed by atoms with Crippen molar-refractivity contribution in [2.24, 2.45) is 5.73 Å². The van der Waals surface area contributed by atoms with E-state index in [0.717, 1.165) is 0 Å². The molecule has 0 aliphatic rings. The zero-order chi connectivity index (χ0) is 19.4. The summed E-state index contributed by atoms with van der Waals surface area (Å²) in [5, 5.41) is 7.90.